The molecule has 0 saturated carbocycles. The quantitative estimate of drug-likeness (QED) is 0.367. The molecule has 0 aliphatic carbocycles. The zero-order valence-corrected chi connectivity index (χ0v) is 15.4. The summed E-state index contributed by atoms with van der Waals surface area (Å²) in [6, 6.07) is 21.9. The number of benzene rings is 3. The summed E-state index contributed by atoms with van der Waals surface area (Å²) in [5.41, 5.74) is 2.62. The molecule has 0 aliphatic rings. The highest BCUT2D eigenvalue weighted by molar-refractivity contribution is 9.10. The van der Waals surface area contributed by atoms with E-state index in [1.165, 1.54) is 0 Å². The predicted octanol–water partition coefficient (Wildman–Crippen LogP) is 5.97. The maximum Gasteiger partial charge on any atom is 0.323 e. The lowest BCUT2D eigenvalue weighted by atomic mass is 10.1. The number of carbonyl (C=O) groups excluding carboxylic acids is 1. The first-order valence-electron chi connectivity index (χ1n) is 8.01. The van der Waals surface area contributed by atoms with Gasteiger partial charge in [-0.05, 0) is 39.7 Å². The van der Waals surface area contributed by atoms with Crippen molar-refractivity contribution < 1.29 is 9.90 Å². The number of aromatic hydroxyl groups is 1. The van der Waals surface area contributed by atoms with Gasteiger partial charge >= 0.3 is 6.03 Å². The van der Waals surface area contributed by atoms with E-state index in [2.05, 4.69) is 26.6 Å². The summed E-state index contributed by atoms with van der Waals surface area (Å²) in [4.78, 5) is 12.2. The lowest BCUT2D eigenvalue weighted by molar-refractivity contribution is 0.262. The molecule has 0 aromatic heterocycles. The largest absolute Gasteiger partial charge is 0.505 e. The highest BCUT2D eigenvalue weighted by Crippen LogP contribution is 2.29. The molecule has 0 saturated heterocycles. The monoisotopic (exact) mass is 408 g/mol. The van der Waals surface area contributed by atoms with Crippen molar-refractivity contribution in [2.75, 3.05) is 10.6 Å². The maximum absolute atomic E-state index is 12.2. The second kappa shape index (κ2) is 8.36. The molecule has 26 heavy (non-hydrogen) atoms. The van der Waals surface area contributed by atoms with Gasteiger partial charge in [-0.1, -0.05) is 66.7 Å². The molecule has 3 aromatic carbocycles. The third-order valence-corrected chi connectivity index (χ3v) is 4.38. The number of hydrogen-bond donors (Lipinski definition) is 3. The van der Waals surface area contributed by atoms with E-state index in [1.54, 1.807) is 24.3 Å². The van der Waals surface area contributed by atoms with Crippen LogP contribution in [0.2, 0.25) is 0 Å². The fourth-order valence-electron chi connectivity index (χ4n) is 2.39. The van der Waals surface area contributed by atoms with Gasteiger partial charge in [0.05, 0.1) is 11.4 Å². The first-order valence-corrected chi connectivity index (χ1v) is 8.80. The SMILES string of the molecule is O=C(Nc1ccccc1Br)Nc1cccc(C=Cc2ccccc2)c1O. The number of anilines is 2. The Hall–Kier alpha value is -3.05. The van der Waals surface area contributed by atoms with Crippen LogP contribution in [0.3, 0.4) is 0 Å². The van der Waals surface area contributed by atoms with Gasteiger partial charge in [0.1, 0.15) is 5.75 Å². The molecule has 2 amide bonds. The smallest absolute Gasteiger partial charge is 0.323 e. The Labute approximate surface area is 160 Å². The molecule has 4 nitrogen and oxygen atoms in total. The van der Waals surface area contributed by atoms with Crippen LogP contribution >= 0.6 is 15.9 Å². The number of rotatable bonds is 4. The minimum Gasteiger partial charge on any atom is -0.505 e. The molecule has 0 aliphatic heterocycles. The molecule has 0 bridgehead atoms. The van der Waals surface area contributed by atoms with E-state index in [9.17, 15) is 9.90 Å². The molecule has 0 radical (unpaired) electrons. The van der Waals surface area contributed by atoms with Gasteiger partial charge in [0.15, 0.2) is 0 Å². The van der Waals surface area contributed by atoms with Crippen molar-refractivity contribution in [1.29, 1.82) is 0 Å². The van der Waals surface area contributed by atoms with E-state index in [-0.39, 0.29) is 5.75 Å². The molecule has 0 atom stereocenters. The first kappa shape index (κ1) is 17.8. The fraction of sp³-hybridized carbons (Fsp3) is 0. The van der Waals surface area contributed by atoms with E-state index < -0.39 is 6.03 Å². The second-order valence-electron chi connectivity index (χ2n) is 5.55. The van der Waals surface area contributed by atoms with Crippen LogP contribution in [0.1, 0.15) is 11.1 Å². The number of para-hydroxylation sites is 2. The summed E-state index contributed by atoms with van der Waals surface area (Å²) in [5.74, 6) is 0.0157. The van der Waals surface area contributed by atoms with E-state index in [1.807, 2.05) is 60.7 Å². The number of nitrogens with one attached hydrogen (secondary N) is 2. The number of amides is 2. The predicted molar refractivity (Wildman–Crippen MR) is 110 cm³/mol. The number of hydrogen-bond acceptors (Lipinski definition) is 2. The summed E-state index contributed by atoms with van der Waals surface area (Å²) in [7, 11) is 0. The summed E-state index contributed by atoms with van der Waals surface area (Å²) < 4.78 is 0.777. The molecular weight excluding hydrogens is 392 g/mol. The van der Waals surface area contributed by atoms with E-state index in [0.717, 1.165) is 10.0 Å². The van der Waals surface area contributed by atoms with E-state index in [4.69, 9.17) is 0 Å². The molecule has 0 fully saturated rings. The summed E-state index contributed by atoms with van der Waals surface area (Å²) in [5, 5.41) is 15.8. The van der Waals surface area contributed by atoms with Gasteiger partial charge in [-0.3, -0.25) is 0 Å². The van der Waals surface area contributed by atoms with Gasteiger partial charge in [-0.2, -0.15) is 0 Å². The van der Waals surface area contributed by atoms with Crippen molar-refractivity contribution in [3.05, 3.63) is 88.4 Å². The number of phenolic OH excluding ortho intramolecular Hbond substituents is 1. The van der Waals surface area contributed by atoms with Crippen molar-refractivity contribution in [2.24, 2.45) is 0 Å². The average Bonchev–Trinajstić information content (AvgIpc) is 2.65. The molecule has 3 rings (SSSR count). The van der Waals surface area contributed by atoms with Crippen molar-refractivity contribution in [2.45, 2.75) is 0 Å². The minimum atomic E-state index is -0.434. The summed E-state index contributed by atoms with van der Waals surface area (Å²) in [6.07, 6.45) is 3.71. The van der Waals surface area contributed by atoms with Crippen LogP contribution in [0.25, 0.3) is 12.2 Å². The Morgan fingerprint density at radius 2 is 1.46 bits per heavy atom. The number of urea groups is 1. The van der Waals surface area contributed by atoms with Gasteiger partial charge in [-0.15, -0.1) is 0 Å². The normalized spacial score (nSPS) is 10.7. The van der Waals surface area contributed by atoms with Crippen molar-refractivity contribution >= 4 is 45.5 Å². The van der Waals surface area contributed by atoms with Crippen molar-refractivity contribution in [3.63, 3.8) is 0 Å². The summed E-state index contributed by atoms with van der Waals surface area (Å²) in [6.45, 7) is 0. The highest BCUT2D eigenvalue weighted by atomic mass is 79.9. The number of phenols is 1. The molecule has 0 unspecified atom stereocenters. The third kappa shape index (κ3) is 4.52. The molecule has 0 heterocycles. The average molecular weight is 409 g/mol. The zero-order valence-electron chi connectivity index (χ0n) is 13.8. The van der Waals surface area contributed by atoms with Crippen molar-refractivity contribution in [3.8, 4) is 5.75 Å². The van der Waals surface area contributed by atoms with Gasteiger partial charge in [0, 0.05) is 10.0 Å². The van der Waals surface area contributed by atoms with Gasteiger partial charge in [-0.25, -0.2) is 4.79 Å². The molecule has 3 aromatic rings. The first-order chi connectivity index (χ1) is 12.6. The lowest BCUT2D eigenvalue weighted by Crippen LogP contribution is -2.19. The Kier molecular flexibility index (Phi) is 5.71. The maximum atomic E-state index is 12.2. The Balaban J connectivity index is 1.74. The van der Waals surface area contributed by atoms with Crippen LogP contribution in [0, 0.1) is 0 Å². The van der Waals surface area contributed by atoms with Crippen LogP contribution in [0.4, 0.5) is 16.2 Å². The third-order valence-electron chi connectivity index (χ3n) is 3.69. The van der Waals surface area contributed by atoms with Gasteiger partial charge in [0.25, 0.3) is 0 Å². The van der Waals surface area contributed by atoms with Crippen LogP contribution in [-0.4, -0.2) is 11.1 Å². The van der Waals surface area contributed by atoms with Crippen LogP contribution in [0.5, 0.6) is 5.75 Å². The Morgan fingerprint density at radius 1 is 0.808 bits per heavy atom. The van der Waals surface area contributed by atoms with Crippen LogP contribution in [0.15, 0.2) is 77.3 Å². The van der Waals surface area contributed by atoms with Crippen LogP contribution in [-0.2, 0) is 0 Å². The van der Waals surface area contributed by atoms with Gasteiger partial charge in [0.2, 0.25) is 0 Å². The van der Waals surface area contributed by atoms with Crippen LogP contribution < -0.4 is 10.6 Å². The molecule has 130 valence electrons. The topological polar surface area (TPSA) is 61.4 Å². The second-order valence-corrected chi connectivity index (χ2v) is 6.40. The van der Waals surface area contributed by atoms with Gasteiger partial charge < -0.3 is 15.7 Å². The molecular formula is C21H17BrN2O2. The highest BCUT2D eigenvalue weighted by Gasteiger charge is 2.10. The van der Waals surface area contributed by atoms with E-state index in [0.29, 0.717) is 16.9 Å². The van der Waals surface area contributed by atoms with Crippen molar-refractivity contribution in [1.82, 2.24) is 0 Å². The standard InChI is InChI=1S/C21H17BrN2O2/c22-17-10-4-5-11-18(17)23-21(26)24-19-12-6-9-16(20(19)25)14-13-15-7-2-1-3-8-15/h1-14,25H,(H2,23,24,26). The zero-order chi connectivity index (χ0) is 18.4. The van der Waals surface area contributed by atoms with E-state index >= 15 is 0 Å². The lowest BCUT2D eigenvalue weighted by Gasteiger charge is -2.11. The summed E-state index contributed by atoms with van der Waals surface area (Å²) >= 11 is 3.38. The minimum absolute atomic E-state index is 0.0157. The fourth-order valence-corrected chi connectivity index (χ4v) is 2.77. The Morgan fingerprint density at radius 3 is 2.23 bits per heavy atom. The Bertz CT molecular complexity index is 940. The molecule has 0 spiro atoms. The molecule has 5 heteroatoms. The molecule has 3 N–H and O–H groups in total. The number of carbonyl (C=O) groups is 1. The number of halogens is 1.